The highest BCUT2D eigenvalue weighted by Crippen LogP contribution is 2.47. The van der Waals surface area contributed by atoms with Crippen LogP contribution >= 0.6 is 0 Å². The van der Waals surface area contributed by atoms with Gasteiger partial charge in [0, 0.05) is 38.8 Å². The first-order valence-electron chi connectivity index (χ1n) is 19.1. The SMILES string of the molecule is N#Cc1cc(-c2nc(-c3ccccc3)nc(-c3ccccc3)n2)cc(C2(c3cccc(-c4nc(-c5ccccc5)nc(-c5ccccc5)n4)c3)CCCCC2)c1. The van der Waals surface area contributed by atoms with Gasteiger partial charge in [-0.25, -0.2) is 29.9 Å². The van der Waals surface area contributed by atoms with E-state index in [1.165, 1.54) is 5.56 Å². The summed E-state index contributed by atoms with van der Waals surface area (Å²) >= 11 is 0. The summed E-state index contributed by atoms with van der Waals surface area (Å²) in [6.07, 6.45) is 5.18. The third-order valence-corrected chi connectivity index (χ3v) is 10.7. The van der Waals surface area contributed by atoms with Crippen molar-refractivity contribution in [2.24, 2.45) is 0 Å². The Morgan fingerprint density at radius 3 is 1.16 bits per heavy atom. The Kier molecular flexibility index (Phi) is 9.44. The van der Waals surface area contributed by atoms with E-state index >= 15 is 0 Å². The molecule has 0 amide bonds. The normalized spacial score (nSPS) is 13.5. The molecule has 8 aromatic rings. The van der Waals surface area contributed by atoms with Gasteiger partial charge in [0.2, 0.25) is 0 Å². The molecule has 56 heavy (non-hydrogen) atoms. The lowest BCUT2D eigenvalue weighted by atomic mass is 9.64. The van der Waals surface area contributed by atoms with Crippen molar-refractivity contribution in [3.8, 4) is 74.4 Å². The molecule has 1 aliphatic carbocycles. The Bertz CT molecular complexity index is 2550. The molecule has 1 aliphatic rings. The number of nitriles is 1. The first-order valence-corrected chi connectivity index (χ1v) is 19.1. The van der Waals surface area contributed by atoms with E-state index in [0.29, 0.717) is 40.5 Å². The summed E-state index contributed by atoms with van der Waals surface area (Å²) < 4.78 is 0. The topological polar surface area (TPSA) is 101 Å². The van der Waals surface area contributed by atoms with Gasteiger partial charge in [-0.15, -0.1) is 0 Å². The van der Waals surface area contributed by atoms with Crippen LogP contribution in [0.4, 0.5) is 0 Å². The maximum Gasteiger partial charge on any atom is 0.164 e. The summed E-state index contributed by atoms with van der Waals surface area (Å²) in [4.78, 5) is 29.9. The first-order chi connectivity index (χ1) is 27.6. The average Bonchev–Trinajstić information content (AvgIpc) is 3.30. The van der Waals surface area contributed by atoms with E-state index in [2.05, 4.69) is 42.5 Å². The molecule has 7 nitrogen and oxygen atoms in total. The predicted octanol–water partition coefficient (Wildman–Crippen LogP) is 11.2. The molecule has 0 radical (unpaired) electrons. The third-order valence-electron chi connectivity index (χ3n) is 10.7. The summed E-state index contributed by atoms with van der Waals surface area (Å²) in [5, 5.41) is 10.5. The van der Waals surface area contributed by atoms with Gasteiger partial charge in [0.05, 0.1) is 11.6 Å². The zero-order chi connectivity index (χ0) is 37.7. The van der Waals surface area contributed by atoms with Crippen LogP contribution in [0.25, 0.3) is 68.3 Å². The van der Waals surface area contributed by atoms with Gasteiger partial charge < -0.3 is 0 Å². The largest absolute Gasteiger partial charge is 0.208 e. The summed E-state index contributed by atoms with van der Waals surface area (Å²) in [5.41, 5.74) is 7.82. The van der Waals surface area contributed by atoms with Crippen LogP contribution in [0.1, 0.15) is 48.8 Å². The van der Waals surface area contributed by atoms with Gasteiger partial charge in [0.25, 0.3) is 0 Å². The van der Waals surface area contributed by atoms with Crippen molar-refractivity contribution in [1.29, 1.82) is 5.26 Å². The standard InChI is InChI=1S/C49H37N7/c50-33-34-29-40(48-55-45(37-21-10-3-11-22-37)52-46(56-48)38-23-12-4-13-24-38)32-42(30-34)49(27-14-5-15-28-49)41-26-16-25-39(31-41)47-53-43(35-17-6-1-7-18-35)51-44(54-47)36-19-8-2-9-20-36/h1-4,6-13,16-26,29-32H,5,14-15,27-28H2. The highest BCUT2D eigenvalue weighted by molar-refractivity contribution is 5.70. The van der Waals surface area contributed by atoms with Crippen molar-refractivity contribution in [1.82, 2.24) is 29.9 Å². The third kappa shape index (κ3) is 6.97. The number of hydrogen-bond acceptors (Lipinski definition) is 7. The number of hydrogen-bond donors (Lipinski definition) is 0. The molecular formula is C49H37N7. The van der Waals surface area contributed by atoms with Crippen LogP contribution in [0.2, 0.25) is 0 Å². The minimum atomic E-state index is -0.356. The molecule has 0 bridgehead atoms. The monoisotopic (exact) mass is 723 g/mol. The molecule has 1 fully saturated rings. The highest BCUT2D eigenvalue weighted by atomic mass is 15.0. The molecule has 9 rings (SSSR count). The average molecular weight is 724 g/mol. The van der Waals surface area contributed by atoms with E-state index in [1.807, 2.05) is 127 Å². The molecule has 7 heteroatoms. The van der Waals surface area contributed by atoms with Crippen LogP contribution in [-0.4, -0.2) is 29.9 Å². The van der Waals surface area contributed by atoms with E-state index in [4.69, 9.17) is 29.9 Å². The van der Waals surface area contributed by atoms with Crippen LogP contribution < -0.4 is 0 Å². The summed E-state index contributed by atoms with van der Waals surface area (Å²) in [5.74, 6) is 3.56. The quantitative estimate of drug-likeness (QED) is 0.154. The van der Waals surface area contributed by atoms with Crippen LogP contribution in [0.15, 0.2) is 164 Å². The Hall–Kier alpha value is -7.17. The fourth-order valence-electron chi connectivity index (χ4n) is 7.83. The Labute approximate surface area is 326 Å². The minimum Gasteiger partial charge on any atom is -0.208 e. The molecule has 2 heterocycles. The van der Waals surface area contributed by atoms with Crippen LogP contribution in [0.5, 0.6) is 0 Å². The van der Waals surface area contributed by atoms with E-state index in [1.54, 1.807) is 0 Å². The Morgan fingerprint density at radius 2 is 0.732 bits per heavy atom. The van der Waals surface area contributed by atoms with E-state index in [0.717, 1.165) is 71.0 Å². The van der Waals surface area contributed by atoms with Crippen LogP contribution in [-0.2, 0) is 5.41 Å². The van der Waals surface area contributed by atoms with Gasteiger partial charge in [-0.05, 0) is 48.2 Å². The molecule has 0 spiro atoms. The lowest BCUT2D eigenvalue weighted by Crippen LogP contribution is -2.30. The van der Waals surface area contributed by atoms with Gasteiger partial charge in [0.15, 0.2) is 34.9 Å². The molecular weight excluding hydrogens is 687 g/mol. The molecule has 0 saturated heterocycles. The van der Waals surface area contributed by atoms with Crippen molar-refractivity contribution < 1.29 is 0 Å². The summed E-state index contributed by atoms with van der Waals surface area (Å²) in [7, 11) is 0. The number of aromatic nitrogens is 6. The Balaban J connectivity index is 1.19. The second-order valence-corrected chi connectivity index (χ2v) is 14.2. The smallest absolute Gasteiger partial charge is 0.164 e. The second-order valence-electron chi connectivity index (χ2n) is 14.2. The Morgan fingerprint density at radius 1 is 0.357 bits per heavy atom. The molecule has 6 aromatic carbocycles. The summed E-state index contributed by atoms with van der Waals surface area (Å²) in [6, 6.07) is 57.3. The second kappa shape index (κ2) is 15.3. The van der Waals surface area contributed by atoms with Gasteiger partial charge in [-0.3, -0.25) is 0 Å². The molecule has 1 saturated carbocycles. The lowest BCUT2D eigenvalue weighted by Gasteiger charge is -2.39. The van der Waals surface area contributed by atoms with Crippen molar-refractivity contribution in [3.63, 3.8) is 0 Å². The summed E-state index contributed by atoms with van der Waals surface area (Å²) in [6.45, 7) is 0. The molecule has 0 aliphatic heterocycles. The van der Waals surface area contributed by atoms with E-state index < -0.39 is 0 Å². The van der Waals surface area contributed by atoms with Crippen molar-refractivity contribution in [3.05, 3.63) is 180 Å². The molecule has 268 valence electrons. The number of rotatable bonds is 8. The predicted molar refractivity (Wildman–Crippen MR) is 221 cm³/mol. The zero-order valence-corrected chi connectivity index (χ0v) is 30.8. The maximum atomic E-state index is 10.5. The van der Waals surface area contributed by atoms with Crippen molar-refractivity contribution >= 4 is 0 Å². The van der Waals surface area contributed by atoms with Crippen LogP contribution in [0.3, 0.4) is 0 Å². The van der Waals surface area contributed by atoms with Gasteiger partial charge in [-0.1, -0.05) is 159 Å². The minimum absolute atomic E-state index is 0.356. The van der Waals surface area contributed by atoms with Crippen LogP contribution in [0, 0.1) is 11.3 Å². The van der Waals surface area contributed by atoms with Gasteiger partial charge in [0.1, 0.15) is 0 Å². The maximum absolute atomic E-state index is 10.5. The first kappa shape index (κ1) is 34.6. The molecule has 0 atom stereocenters. The number of nitrogens with zero attached hydrogens (tertiary/aromatic N) is 7. The molecule has 0 unspecified atom stereocenters. The highest BCUT2D eigenvalue weighted by Gasteiger charge is 2.37. The van der Waals surface area contributed by atoms with Gasteiger partial charge in [-0.2, -0.15) is 5.26 Å². The van der Waals surface area contributed by atoms with Gasteiger partial charge >= 0.3 is 0 Å². The lowest BCUT2D eigenvalue weighted by molar-refractivity contribution is 0.346. The fraction of sp³-hybridized carbons (Fsp3) is 0.122. The van der Waals surface area contributed by atoms with E-state index in [9.17, 15) is 5.26 Å². The molecule has 0 N–H and O–H groups in total. The fourth-order valence-corrected chi connectivity index (χ4v) is 7.83. The van der Waals surface area contributed by atoms with Crippen molar-refractivity contribution in [2.45, 2.75) is 37.5 Å². The zero-order valence-electron chi connectivity index (χ0n) is 30.8. The number of benzene rings is 6. The van der Waals surface area contributed by atoms with E-state index in [-0.39, 0.29) is 5.41 Å². The molecule has 2 aromatic heterocycles. The van der Waals surface area contributed by atoms with Crippen molar-refractivity contribution in [2.75, 3.05) is 0 Å².